The smallest absolute Gasteiger partial charge is 0.325 e. The van der Waals surface area contributed by atoms with Gasteiger partial charge in [-0.1, -0.05) is 13.8 Å². The van der Waals surface area contributed by atoms with E-state index in [0.29, 0.717) is 81.6 Å². The second-order valence-electron chi connectivity index (χ2n) is 10.5. The van der Waals surface area contributed by atoms with Crippen LogP contribution in [0.25, 0.3) is 0 Å². The van der Waals surface area contributed by atoms with Gasteiger partial charge in [0.25, 0.3) is 11.8 Å². The Balaban J connectivity index is 1.46. The summed E-state index contributed by atoms with van der Waals surface area (Å²) in [5.74, 6) is 1.51. The van der Waals surface area contributed by atoms with E-state index in [4.69, 9.17) is 9.47 Å². The summed E-state index contributed by atoms with van der Waals surface area (Å²) in [7, 11) is 3.86. The van der Waals surface area contributed by atoms with Crippen molar-refractivity contribution in [1.29, 1.82) is 0 Å². The molecule has 3 heterocycles. The van der Waals surface area contributed by atoms with Gasteiger partial charge in [-0.2, -0.15) is 0 Å². The van der Waals surface area contributed by atoms with E-state index in [1.807, 2.05) is 23.9 Å². The van der Waals surface area contributed by atoms with Gasteiger partial charge in [-0.3, -0.25) is 14.5 Å². The number of hydrogen-bond donors (Lipinski definition) is 1. The van der Waals surface area contributed by atoms with Crippen LogP contribution in [-0.2, 0) is 4.79 Å². The molecule has 9 heteroatoms. The van der Waals surface area contributed by atoms with Crippen molar-refractivity contribution < 1.29 is 23.9 Å². The molecule has 1 aromatic carbocycles. The molecule has 35 heavy (non-hydrogen) atoms. The number of likely N-dealkylation sites (tertiary alicyclic amines) is 1. The maximum Gasteiger partial charge on any atom is 0.325 e. The minimum Gasteiger partial charge on any atom is -0.486 e. The summed E-state index contributed by atoms with van der Waals surface area (Å²) in [5, 5.41) is 3.11. The first kappa shape index (κ1) is 25.3. The molecule has 0 bridgehead atoms. The van der Waals surface area contributed by atoms with Crippen LogP contribution < -0.4 is 14.8 Å². The number of hydrogen-bond acceptors (Lipinski definition) is 6. The number of rotatable bonds is 8. The highest BCUT2D eigenvalue weighted by atomic mass is 16.6. The highest BCUT2D eigenvalue weighted by Crippen LogP contribution is 2.38. The maximum atomic E-state index is 13.7. The molecule has 0 aromatic heterocycles. The van der Waals surface area contributed by atoms with Gasteiger partial charge in [-0.05, 0) is 69.8 Å². The molecule has 192 valence electrons. The fourth-order valence-corrected chi connectivity index (χ4v) is 5.25. The lowest BCUT2D eigenvalue weighted by Crippen LogP contribution is -2.56. The number of piperidine rings is 1. The van der Waals surface area contributed by atoms with Crippen LogP contribution in [-0.4, -0.2) is 91.6 Å². The predicted molar refractivity (Wildman–Crippen MR) is 132 cm³/mol. The van der Waals surface area contributed by atoms with Crippen LogP contribution >= 0.6 is 0 Å². The molecule has 0 unspecified atom stereocenters. The summed E-state index contributed by atoms with van der Waals surface area (Å²) >= 11 is 0. The van der Waals surface area contributed by atoms with Crippen molar-refractivity contribution in [3.05, 3.63) is 23.8 Å². The standard InChI is InChI=1S/C26H38N4O5/c1-18(2)7-10-26(24(32)30(25(33)27-26)14-13-28(3)4)20-8-11-29(12-9-20)23(31)19-5-6-21-22(17-19)35-16-15-34-21/h5-6,17-18,20H,7-16H2,1-4H3,(H,27,33)/t26-/m0/s1. The Bertz CT molecular complexity index is 957. The third kappa shape index (κ3) is 5.24. The van der Waals surface area contributed by atoms with Crippen LogP contribution in [0.5, 0.6) is 11.5 Å². The molecular weight excluding hydrogens is 448 g/mol. The van der Waals surface area contributed by atoms with E-state index in [1.54, 1.807) is 18.2 Å². The highest BCUT2D eigenvalue weighted by molar-refractivity contribution is 6.07. The van der Waals surface area contributed by atoms with Gasteiger partial charge < -0.3 is 24.6 Å². The van der Waals surface area contributed by atoms with Gasteiger partial charge in [0.15, 0.2) is 11.5 Å². The van der Waals surface area contributed by atoms with Crippen LogP contribution in [0.1, 0.15) is 49.9 Å². The molecule has 1 aromatic rings. The summed E-state index contributed by atoms with van der Waals surface area (Å²) in [4.78, 5) is 44.9. The first-order valence-corrected chi connectivity index (χ1v) is 12.7. The minimum atomic E-state index is -0.889. The van der Waals surface area contributed by atoms with E-state index in [1.165, 1.54) is 4.90 Å². The number of amides is 4. The van der Waals surface area contributed by atoms with Gasteiger partial charge in [0, 0.05) is 31.7 Å². The number of urea groups is 1. The van der Waals surface area contributed by atoms with Crippen molar-refractivity contribution in [2.24, 2.45) is 11.8 Å². The molecule has 2 fully saturated rings. The van der Waals surface area contributed by atoms with Crippen molar-refractivity contribution in [2.45, 2.75) is 45.1 Å². The summed E-state index contributed by atoms with van der Waals surface area (Å²) in [6.07, 6.45) is 2.81. The van der Waals surface area contributed by atoms with Gasteiger partial charge in [0.2, 0.25) is 0 Å². The number of nitrogens with zero attached hydrogens (tertiary/aromatic N) is 3. The number of imide groups is 1. The third-order valence-corrected chi connectivity index (χ3v) is 7.36. The molecule has 3 aliphatic heterocycles. The molecule has 0 radical (unpaired) electrons. The number of fused-ring (bicyclic) bond motifs is 1. The zero-order valence-electron chi connectivity index (χ0n) is 21.3. The molecule has 0 saturated carbocycles. The second kappa shape index (κ2) is 10.4. The molecule has 4 amide bonds. The number of nitrogens with one attached hydrogen (secondary N) is 1. The quantitative estimate of drug-likeness (QED) is 0.568. The molecule has 1 atom stereocenters. The van der Waals surface area contributed by atoms with E-state index in [-0.39, 0.29) is 23.8 Å². The Hall–Kier alpha value is -2.81. The van der Waals surface area contributed by atoms with Gasteiger partial charge in [-0.15, -0.1) is 0 Å². The first-order valence-electron chi connectivity index (χ1n) is 12.7. The van der Waals surface area contributed by atoms with Crippen molar-refractivity contribution in [1.82, 2.24) is 20.0 Å². The van der Waals surface area contributed by atoms with Gasteiger partial charge >= 0.3 is 6.03 Å². The molecular formula is C26H38N4O5. The van der Waals surface area contributed by atoms with E-state index in [9.17, 15) is 14.4 Å². The zero-order valence-corrected chi connectivity index (χ0v) is 21.3. The van der Waals surface area contributed by atoms with E-state index in [0.717, 1.165) is 6.42 Å². The second-order valence-corrected chi connectivity index (χ2v) is 10.5. The van der Waals surface area contributed by atoms with Crippen LogP contribution in [0.2, 0.25) is 0 Å². The van der Waals surface area contributed by atoms with Crippen molar-refractivity contribution >= 4 is 17.8 Å². The molecule has 0 spiro atoms. The molecule has 9 nitrogen and oxygen atoms in total. The lowest BCUT2D eigenvalue weighted by atomic mass is 9.73. The summed E-state index contributed by atoms with van der Waals surface area (Å²) in [5.41, 5.74) is -0.317. The molecule has 4 rings (SSSR count). The molecule has 0 aliphatic carbocycles. The first-order chi connectivity index (χ1) is 16.7. The van der Waals surface area contributed by atoms with E-state index < -0.39 is 5.54 Å². The summed E-state index contributed by atoms with van der Waals surface area (Å²) in [6.45, 7) is 7.34. The number of likely N-dealkylation sites (N-methyl/N-ethyl adjacent to an activating group) is 1. The highest BCUT2D eigenvalue weighted by Gasteiger charge is 2.55. The van der Waals surface area contributed by atoms with Crippen molar-refractivity contribution in [2.75, 3.05) is 53.5 Å². The SMILES string of the molecule is CC(C)CC[C@@]1(C2CCN(C(=O)c3ccc4c(c3)OCCO4)CC2)NC(=O)N(CCN(C)C)C1=O. The third-order valence-electron chi connectivity index (χ3n) is 7.36. The lowest BCUT2D eigenvalue weighted by Gasteiger charge is -2.41. The zero-order chi connectivity index (χ0) is 25.2. The van der Waals surface area contributed by atoms with Gasteiger partial charge in [-0.25, -0.2) is 4.79 Å². The van der Waals surface area contributed by atoms with Crippen LogP contribution in [0.4, 0.5) is 4.79 Å². The Morgan fingerprint density at radius 3 is 2.49 bits per heavy atom. The fourth-order valence-electron chi connectivity index (χ4n) is 5.25. The average molecular weight is 487 g/mol. The molecule has 1 N–H and O–H groups in total. The lowest BCUT2D eigenvalue weighted by molar-refractivity contribution is -0.134. The van der Waals surface area contributed by atoms with Gasteiger partial charge in [0.1, 0.15) is 18.8 Å². The minimum absolute atomic E-state index is 0.00799. The topological polar surface area (TPSA) is 91.4 Å². The number of benzene rings is 1. The normalized spacial score (nSPS) is 22.8. The van der Waals surface area contributed by atoms with E-state index in [2.05, 4.69) is 19.2 Å². The van der Waals surface area contributed by atoms with E-state index >= 15 is 0 Å². The van der Waals surface area contributed by atoms with Crippen LogP contribution in [0.3, 0.4) is 0 Å². The number of carbonyl (C=O) groups excluding carboxylic acids is 3. The van der Waals surface area contributed by atoms with Crippen LogP contribution in [0, 0.1) is 11.8 Å². The van der Waals surface area contributed by atoms with Crippen molar-refractivity contribution in [3.8, 4) is 11.5 Å². The average Bonchev–Trinajstić information content (AvgIpc) is 3.10. The Morgan fingerprint density at radius 1 is 1.14 bits per heavy atom. The van der Waals surface area contributed by atoms with Crippen molar-refractivity contribution in [3.63, 3.8) is 0 Å². The largest absolute Gasteiger partial charge is 0.486 e. The predicted octanol–water partition coefficient (Wildman–Crippen LogP) is 2.60. The Kier molecular flexibility index (Phi) is 7.54. The van der Waals surface area contributed by atoms with Crippen LogP contribution in [0.15, 0.2) is 18.2 Å². The monoisotopic (exact) mass is 486 g/mol. The maximum absolute atomic E-state index is 13.7. The number of ether oxygens (including phenoxy) is 2. The summed E-state index contributed by atoms with van der Waals surface area (Å²) < 4.78 is 11.2. The van der Waals surface area contributed by atoms with Gasteiger partial charge in [0.05, 0.1) is 0 Å². The Morgan fingerprint density at radius 2 is 1.83 bits per heavy atom. The fraction of sp³-hybridized carbons (Fsp3) is 0.654. The Labute approximate surface area is 207 Å². The summed E-state index contributed by atoms with van der Waals surface area (Å²) in [6, 6.07) is 5.01. The number of carbonyl (C=O) groups is 3. The molecule has 3 aliphatic rings. The molecule has 2 saturated heterocycles.